The van der Waals surface area contributed by atoms with Crippen LogP contribution in [0.2, 0.25) is 0 Å². The highest BCUT2D eigenvalue weighted by molar-refractivity contribution is 5.85. The van der Waals surface area contributed by atoms with Crippen molar-refractivity contribution in [2.45, 2.75) is 32.2 Å². The predicted octanol–water partition coefficient (Wildman–Crippen LogP) is 1.29. The fourth-order valence-corrected chi connectivity index (χ4v) is 1.68. The summed E-state index contributed by atoms with van der Waals surface area (Å²) >= 11 is 0. The van der Waals surface area contributed by atoms with Gasteiger partial charge < -0.3 is 15.5 Å². The highest BCUT2D eigenvalue weighted by Gasteiger charge is 2.25. The fourth-order valence-electron chi connectivity index (χ4n) is 1.68. The van der Waals surface area contributed by atoms with E-state index >= 15 is 0 Å². The Balaban J connectivity index is 0. The zero-order valence-corrected chi connectivity index (χ0v) is 13.4. The molecule has 1 aliphatic rings. The SMILES string of the molecule is CN(C)C(C)(C)CNC(=O)[C@@H]1CCCNC1.Cl.Cl. The van der Waals surface area contributed by atoms with E-state index in [0.29, 0.717) is 6.54 Å². The number of nitrogens with zero attached hydrogens (tertiary/aromatic N) is 1. The van der Waals surface area contributed by atoms with E-state index in [1.165, 1.54) is 0 Å². The molecule has 18 heavy (non-hydrogen) atoms. The molecule has 0 radical (unpaired) electrons. The number of likely N-dealkylation sites (N-methyl/N-ethyl adjacent to an activating group) is 1. The molecule has 1 fully saturated rings. The maximum Gasteiger partial charge on any atom is 0.224 e. The summed E-state index contributed by atoms with van der Waals surface area (Å²) in [5.74, 6) is 0.355. The van der Waals surface area contributed by atoms with Gasteiger partial charge in [0.25, 0.3) is 0 Å². The van der Waals surface area contributed by atoms with Crippen LogP contribution in [-0.2, 0) is 4.79 Å². The number of rotatable bonds is 4. The number of hydrogen-bond acceptors (Lipinski definition) is 3. The Labute approximate surface area is 123 Å². The molecule has 0 aromatic heterocycles. The van der Waals surface area contributed by atoms with E-state index in [4.69, 9.17) is 0 Å². The quantitative estimate of drug-likeness (QED) is 0.822. The van der Waals surface area contributed by atoms with Crippen molar-refractivity contribution in [3.05, 3.63) is 0 Å². The molecule has 1 aliphatic heterocycles. The Morgan fingerprint density at radius 2 is 2.00 bits per heavy atom. The molecule has 0 aromatic rings. The number of hydrogen-bond donors (Lipinski definition) is 2. The minimum atomic E-state index is 0. The first-order valence-electron chi connectivity index (χ1n) is 6.09. The Bertz CT molecular complexity index is 241. The predicted molar refractivity (Wildman–Crippen MR) is 80.9 cm³/mol. The number of nitrogens with one attached hydrogen (secondary N) is 2. The summed E-state index contributed by atoms with van der Waals surface area (Å²) < 4.78 is 0. The Morgan fingerprint density at radius 1 is 1.39 bits per heavy atom. The third kappa shape index (κ3) is 6.23. The summed E-state index contributed by atoms with van der Waals surface area (Å²) in [5, 5.41) is 6.32. The van der Waals surface area contributed by atoms with Gasteiger partial charge in [-0.25, -0.2) is 0 Å². The Morgan fingerprint density at radius 3 is 2.44 bits per heavy atom. The van der Waals surface area contributed by atoms with Crippen molar-refractivity contribution in [1.29, 1.82) is 0 Å². The number of carbonyl (C=O) groups excluding carboxylic acids is 1. The first-order chi connectivity index (χ1) is 7.43. The van der Waals surface area contributed by atoms with Crippen molar-refractivity contribution >= 4 is 30.7 Å². The molecular formula is C12H27Cl2N3O. The van der Waals surface area contributed by atoms with Crippen LogP contribution >= 0.6 is 24.8 Å². The van der Waals surface area contributed by atoms with Gasteiger partial charge in [-0.3, -0.25) is 4.79 Å². The average Bonchev–Trinajstić information content (AvgIpc) is 2.27. The number of amides is 1. The van der Waals surface area contributed by atoms with Crippen LogP contribution in [0, 0.1) is 5.92 Å². The lowest BCUT2D eigenvalue weighted by atomic mass is 9.98. The largest absolute Gasteiger partial charge is 0.354 e. The molecule has 2 N–H and O–H groups in total. The van der Waals surface area contributed by atoms with Gasteiger partial charge in [0.2, 0.25) is 5.91 Å². The molecule has 6 heteroatoms. The van der Waals surface area contributed by atoms with E-state index in [2.05, 4.69) is 29.4 Å². The Kier molecular flexibility index (Phi) is 10.1. The van der Waals surface area contributed by atoms with Gasteiger partial charge in [-0.1, -0.05) is 0 Å². The Hall–Kier alpha value is -0.0300. The third-order valence-electron chi connectivity index (χ3n) is 3.57. The van der Waals surface area contributed by atoms with E-state index < -0.39 is 0 Å². The summed E-state index contributed by atoms with van der Waals surface area (Å²) in [6.45, 7) is 6.84. The van der Waals surface area contributed by atoms with Gasteiger partial charge >= 0.3 is 0 Å². The molecule has 0 aromatic carbocycles. The first kappa shape index (κ1) is 20.3. The molecule has 1 rings (SSSR count). The maximum absolute atomic E-state index is 11.9. The first-order valence-corrected chi connectivity index (χ1v) is 6.09. The maximum atomic E-state index is 11.9. The molecule has 0 unspecified atom stereocenters. The van der Waals surface area contributed by atoms with Crippen LogP contribution in [0.4, 0.5) is 0 Å². The summed E-state index contributed by atoms with van der Waals surface area (Å²) in [6.07, 6.45) is 2.12. The lowest BCUT2D eigenvalue weighted by Crippen LogP contribution is -2.50. The molecule has 0 spiro atoms. The highest BCUT2D eigenvalue weighted by Crippen LogP contribution is 2.12. The zero-order valence-electron chi connectivity index (χ0n) is 11.8. The molecule has 0 bridgehead atoms. The molecule has 110 valence electrons. The monoisotopic (exact) mass is 299 g/mol. The van der Waals surface area contributed by atoms with E-state index in [1.807, 2.05) is 14.1 Å². The average molecular weight is 300 g/mol. The van der Waals surface area contributed by atoms with E-state index in [-0.39, 0.29) is 42.2 Å². The molecule has 1 heterocycles. The summed E-state index contributed by atoms with van der Waals surface area (Å²) in [5.41, 5.74) is 0.0117. The van der Waals surface area contributed by atoms with Crippen LogP contribution < -0.4 is 10.6 Å². The second kappa shape index (κ2) is 8.97. The van der Waals surface area contributed by atoms with Crippen molar-refractivity contribution in [2.24, 2.45) is 5.92 Å². The smallest absolute Gasteiger partial charge is 0.224 e. The van der Waals surface area contributed by atoms with Crippen molar-refractivity contribution in [2.75, 3.05) is 33.7 Å². The second-order valence-corrected chi connectivity index (χ2v) is 5.47. The van der Waals surface area contributed by atoms with Crippen LogP contribution in [0.3, 0.4) is 0 Å². The fraction of sp³-hybridized carbons (Fsp3) is 0.917. The number of piperidine rings is 1. The van der Waals surface area contributed by atoms with Gasteiger partial charge in [0.15, 0.2) is 0 Å². The molecule has 1 atom stereocenters. The molecule has 4 nitrogen and oxygen atoms in total. The van der Waals surface area contributed by atoms with Gasteiger partial charge in [-0.2, -0.15) is 0 Å². The van der Waals surface area contributed by atoms with Gasteiger partial charge in [-0.05, 0) is 47.3 Å². The number of halogens is 2. The summed E-state index contributed by atoms with van der Waals surface area (Å²) in [7, 11) is 4.07. The minimum absolute atomic E-state index is 0. The molecule has 0 saturated carbocycles. The second-order valence-electron chi connectivity index (χ2n) is 5.47. The molecule has 0 aliphatic carbocycles. The van der Waals surface area contributed by atoms with Crippen LogP contribution in [0.15, 0.2) is 0 Å². The number of carbonyl (C=O) groups is 1. The standard InChI is InChI=1S/C12H25N3O.2ClH/c1-12(2,15(3)4)9-14-11(16)10-6-5-7-13-8-10;;/h10,13H,5-9H2,1-4H3,(H,14,16);2*1H/t10-;;/m1../s1. The molecular weight excluding hydrogens is 273 g/mol. The van der Waals surface area contributed by atoms with E-state index in [0.717, 1.165) is 25.9 Å². The molecule has 1 amide bonds. The van der Waals surface area contributed by atoms with Crippen molar-refractivity contribution in [3.8, 4) is 0 Å². The highest BCUT2D eigenvalue weighted by atomic mass is 35.5. The van der Waals surface area contributed by atoms with Gasteiger partial charge in [0.05, 0.1) is 5.92 Å². The van der Waals surface area contributed by atoms with Crippen molar-refractivity contribution in [1.82, 2.24) is 15.5 Å². The van der Waals surface area contributed by atoms with Crippen molar-refractivity contribution in [3.63, 3.8) is 0 Å². The van der Waals surface area contributed by atoms with Crippen molar-refractivity contribution < 1.29 is 4.79 Å². The zero-order chi connectivity index (χ0) is 12.2. The van der Waals surface area contributed by atoms with Gasteiger partial charge in [-0.15, -0.1) is 24.8 Å². The summed E-state index contributed by atoms with van der Waals surface area (Å²) in [6, 6.07) is 0. The lowest BCUT2D eigenvalue weighted by Gasteiger charge is -2.33. The van der Waals surface area contributed by atoms with E-state index in [1.54, 1.807) is 0 Å². The molecule has 1 saturated heterocycles. The topological polar surface area (TPSA) is 44.4 Å². The normalized spacial score (nSPS) is 19.7. The van der Waals surface area contributed by atoms with Crippen LogP contribution in [0.5, 0.6) is 0 Å². The van der Waals surface area contributed by atoms with Gasteiger partial charge in [0, 0.05) is 18.6 Å². The van der Waals surface area contributed by atoms with Crippen LogP contribution in [0.25, 0.3) is 0 Å². The van der Waals surface area contributed by atoms with Gasteiger partial charge in [0.1, 0.15) is 0 Å². The van der Waals surface area contributed by atoms with Crippen LogP contribution in [-0.4, -0.2) is 50.1 Å². The lowest BCUT2D eigenvalue weighted by molar-refractivity contribution is -0.126. The third-order valence-corrected chi connectivity index (χ3v) is 3.57. The van der Waals surface area contributed by atoms with E-state index in [9.17, 15) is 4.79 Å². The van der Waals surface area contributed by atoms with Crippen LogP contribution in [0.1, 0.15) is 26.7 Å². The minimum Gasteiger partial charge on any atom is -0.354 e. The summed E-state index contributed by atoms with van der Waals surface area (Å²) in [4.78, 5) is 14.0.